The number of carbonyl (C=O) groups excluding carboxylic acids is 3. The van der Waals surface area contributed by atoms with E-state index in [-0.39, 0.29) is 42.2 Å². The predicted molar refractivity (Wildman–Crippen MR) is 212 cm³/mol. The Morgan fingerprint density at radius 1 is 1.02 bits per heavy atom. The second kappa shape index (κ2) is 24.5. The van der Waals surface area contributed by atoms with E-state index in [1.165, 1.54) is 4.90 Å². The Labute approximate surface area is 334 Å². The lowest BCUT2D eigenvalue weighted by Crippen LogP contribution is -2.48. The van der Waals surface area contributed by atoms with E-state index in [0.717, 1.165) is 37.9 Å². The molecule has 1 aromatic carbocycles. The van der Waals surface area contributed by atoms with Gasteiger partial charge in [-0.05, 0) is 94.4 Å². The topological polar surface area (TPSA) is 192 Å². The van der Waals surface area contributed by atoms with Gasteiger partial charge in [-0.25, -0.2) is 4.79 Å². The Kier molecular flexibility index (Phi) is 21.4. The minimum Gasteiger partial charge on any atom is -0.493 e. The summed E-state index contributed by atoms with van der Waals surface area (Å²) >= 11 is 0. The Morgan fingerprint density at radius 2 is 1.70 bits per heavy atom. The van der Waals surface area contributed by atoms with Gasteiger partial charge in [0.15, 0.2) is 18.3 Å². The standard InChI is InChI=1S/C41H72N4O11/c1-27(2)31(21-30-12-13-35(52-10)36(22-30)53-19-11-18-51-9)23-34(29(5)20-33(28(3)4)37(47)43-24-41(6,7)38(42)48)45(25-46)39(49)54-26-55-40(50)56-32-14-16-44(8)17-15-32/h12-13,22,27-29,31-34,40,46,50H,11,14-21,23-26H2,1-10H3,(H2,42,48)(H,43,47)/t29-,31-,33-,34-,40?/m0/s1. The number of nitrogens with two attached hydrogens (primary N) is 1. The van der Waals surface area contributed by atoms with Crippen LogP contribution in [0, 0.1) is 35.0 Å². The fourth-order valence-electron chi connectivity index (χ4n) is 6.83. The number of aliphatic hydroxyl groups excluding tert-OH is 2. The SMILES string of the molecule is COCCCOc1cc(C[C@@H](C[C@@H]([C@@H](C)C[C@H](C(=O)NCC(C)(C)C(N)=O)C(C)C)N(CO)C(=O)OCOC(O)OC2CCN(C)CC2)C(C)C)ccc1OC. The maximum absolute atomic E-state index is 13.7. The molecule has 0 radical (unpaired) electrons. The summed E-state index contributed by atoms with van der Waals surface area (Å²) in [6, 6.07) is 5.28. The maximum atomic E-state index is 13.7. The van der Waals surface area contributed by atoms with Crippen LogP contribution in [0.1, 0.15) is 86.1 Å². The van der Waals surface area contributed by atoms with Crippen LogP contribution in [0.4, 0.5) is 4.79 Å². The van der Waals surface area contributed by atoms with Crippen molar-refractivity contribution in [3.8, 4) is 11.5 Å². The van der Waals surface area contributed by atoms with Crippen LogP contribution in [-0.2, 0) is 35.0 Å². The largest absolute Gasteiger partial charge is 0.493 e. The maximum Gasteiger partial charge on any atom is 0.413 e. The van der Waals surface area contributed by atoms with Crippen molar-refractivity contribution in [1.29, 1.82) is 0 Å². The van der Waals surface area contributed by atoms with Crippen molar-refractivity contribution in [2.75, 3.05) is 67.6 Å². The number of hydrogen-bond acceptors (Lipinski definition) is 12. The first-order valence-electron chi connectivity index (χ1n) is 20.0. The number of nitrogens with one attached hydrogen (secondary N) is 1. The molecule has 1 unspecified atom stereocenters. The first-order chi connectivity index (χ1) is 26.4. The summed E-state index contributed by atoms with van der Waals surface area (Å²) in [5, 5.41) is 24.0. The number of benzene rings is 1. The van der Waals surface area contributed by atoms with Gasteiger partial charge >= 0.3 is 6.09 Å². The first kappa shape index (κ1) is 48.9. The minimum atomic E-state index is -1.58. The molecular weight excluding hydrogens is 724 g/mol. The summed E-state index contributed by atoms with van der Waals surface area (Å²) in [5.74, 6) is -0.167. The van der Waals surface area contributed by atoms with Crippen LogP contribution in [0.15, 0.2) is 18.2 Å². The summed E-state index contributed by atoms with van der Waals surface area (Å²) < 4.78 is 33.1. The van der Waals surface area contributed by atoms with E-state index < -0.39 is 49.4 Å². The molecule has 1 fully saturated rings. The normalized spacial score (nSPS) is 16.9. The summed E-state index contributed by atoms with van der Waals surface area (Å²) in [5.41, 5.74) is 5.64. The molecule has 5 N–H and O–H groups in total. The lowest BCUT2D eigenvalue weighted by molar-refractivity contribution is -0.304. The smallest absolute Gasteiger partial charge is 0.413 e. The second-order valence-electron chi connectivity index (χ2n) is 16.5. The molecule has 1 heterocycles. The van der Waals surface area contributed by atoms with Gasteiger partial charge in [-0.2, -0.15) is 0 Å². The highest BCUT2D eigenvalue weighted by atomic mass is 16.8. The van der Waals surface area contributed by atoms with Gasteiger partial charge in [-0.15, -0.1) is 0 Å². The number of piperidine rings is 1. The number of ether oxygens (including phenoxy) is 6. The number of nitrogens with zero attached hydrogens (tertiary/aromatic N) is 2. The van der Waals surface area contributed by atoms with Crippen molar-refractivity contribution < 1.29 is 53.0 Å². The monoisotopic (exact) mass is 797 g/mol. The van der Waals surface area contributed by atoms with E-state index in [0.29, 0.717) is 44.0 Å². The molecule has 0 aliphatic carbocycles. The van der Waals surface area contributed by atoms with E-state index in [2.05, 4.69) is 24.1 Å². The van der Waals surface area contributed by atoms with E-state index in [1.807, 2.05) is 46.0 Å². The first-order valence-corrected chi connectivity index (χ1v) is 20.0. The van der Waals surface area contributed by atoms with Crippen molar-refractivity contribution in [2.24, 2.45) is 40.7 Å². The van der Waals surface area contributed by atoms with Crippen LogP contribution < -0.4 is 20.5 Å². The zero-order valence-electron chi connectivity index (χ0n) is 35.6. The Hall–Kier alpha value is -3.21. The second-order valence-corrected chi connectivity index (χ2v) is 16.5. The molecule has 2 rings (SSSR count). The average Bonchev–Trinajstić information content (AvgIpc) is 3.14. The number of methoxy groups -OCH3 is 2. The van der Waals surface area contributed by atoms with Crippen molar-refractivity contribution >= 4 is 17.9 Å². The summed E-state index contributed by atoms with van der Waals surface area (Å²) in [4.78, 5) is 42.7. The quantitative estimate of drug-likeness (QED) is 0.0767. The van der Waals surface area contributed by atoms with Crippen LogP contribution in [0.2, 0.25) is 0 Å². The average molecular weight is 797 g/mol. The van der Waals surface area contributed by atoms with Crippen LogP contribution in [0.5, 0.6) is 11.5 Å². The van der Waals surface area contributed by atoms with Gasteiger partial charge in [-0.3, -0.25) is 19.2 Å². The Bertz CT molecular complexity index is 1320. The van der Waals surface area contributed by atoms with Crippen molar-refractivity contribution in [1.82, 2.24) is 15.1 Å². The molecule has 56 heavy (non-hydrogen) atoms. The van der Waals surface area contributed by atoms with Crippen molar-refractivity contribution in [2.45, 2.75) is 106 Å². The molecule has 1 aliphatic rings. The zero-order chi connectivity index (χ0) is 42.0. The van der Waals surface area contributed by atoms with Gasteiger partial charge in [0.05, 0.1) is 25.2 Å². The van der Waals surface area contributed by atoms with Crippen molar-refractivity contribution in [3.63, 3.8) is 0 Å². The number of hydrogen-bond donors (Lipinski definition) is 4. The molecule has 322 valence electrons. The molecule has 15 nitrogen and oxygen atoms in total. The fourth-order valence-corrected chi connectivity index (χ4v) is 6.83. The van der Waals surface area contributed by atoms with Gasteiger partial charge in [0.1, 0.15) is 6.73 Å². The van der Waals surface area contributed by atoms with Gasteiger partial charge in [0.2, 0.25) is 11.8 Å². The van der Waals surface area contributed by atoms with E-state index >= 15 is 0 Å². The Morgan fingerprint density at radius 3 is 2.27 bits per heavy atom. The number of aliphatic hydroxyl groups is 2. The number of primary amides is 1. The number of likely N-dealkylation sites (tertiary alicyclic amines) is 1. The van der Waals surface area contributed by atoms with Crippen LogP contribution in [-0.4, -0.2) is 124 Å². The molecule has 0 saturated carbocycles. The highest BCUT2D eigenvalue weighted by molar-refractivity contribution is 5.83. The van der Waals surface area contributed by atoms with Gasteiger partial charge in [0, 0.05) is 51.7 Å². The molecule has 0 spiro atoms. The van der Waals surface area contributed by atoms with Gasteiger partial charge in [0.25, 0.3) is 6.48 Å². The predicted octanol–water partition coefficient (Wildman–Crippen LogP) is 4.36. The number of rotatable bonds is 26. The molecule has 0 bridgehead atoms. The van der Waals surface area contributed by atoms with Gasteiger partial charge in [-0.1, -0.05) is 40.7 Å². The molecular formula is C41H72N4O11. The third kappa shape index (κ3) is 16.3. The lowest BCUT2D eigenvalue weighted by Gasteiger charge is -2.38. The van der Waals surface area contributed by atoms with Crippen molar-refractivity contribution in [3.05, 3.63) is 23.8 Å². The third-order valence-corrected chi connectivity index (χ3v) is 10.9. The molecule has 1 aliphatic heterocycles. The molecule has 1 saturated heterocycles. The minimum absolute atomic E-state index is 0.0164. The molecule has 3 amide bonds. The summed E-state index contributed by atoms with van der Waals surface area (Å²) in [7, 11) is 5.27. The fraction of sp³-hybridized carbons (Fsp3) is 0.780. The van der Waals surface area contributed by atoms with Gasteiger partial charge < -0.3 is 49.8 Å². The highest BCUT2D eigenvalue weighted by Gasteiger charge is 2.36. The molecule has 5 atom stereocenters. The summed E-state index contributed by atoms with van der Waals surface area (Å²) in [6.45, 7) is 13.4. The zero-order valence-corrected chi connectivity index (χ0v) is 35.6. The molecule has 0 aromatic heterocycles. The van der Waals surface area contributed by atoms with Crippen LogP contribution >= 0.6 is 0 Å². The highest BCUT2D eigenvalue weighted by Crippen LogP contribution is 2.35. The third-order valence-electron chi connectivity index (χ3n) is 10.9. The van der Waals surface area contributed by atoms with Crippen LogP contribution in [0.3, 0.4) is 0 Å². The Balaban J connectivity index is 2.34. The van der Waals surface area contributed by atoms with E-state index in [1.54, 1.807) is 28.1 Å². The van der Waals surface area contributed by atoms with E-state index in [4.69, 9.17) is 34.2 Å². The lowest BCUT2D eigenvalue weighted by atomic mass is 9.77. The number of amides is 3. The van der Waals surface area contributed by atoms with Crippen LogP contribution in [0.25, 0.3) is 0 Å². The number of carbonyl (C=O) groups is 3. The molecule has 1 aromatic rings. The van der Waals surface area contributed by atoms with E-state index in [9.17, 15) is 24.6 Å². The summed E-state index contributed by atoms with van der Waals surface area (Å²) in [6.07, 6.45) is 2.67. The molecule has 15 heteroatoms.